The van der Waals surface area contributed by atoms with Crippen LogP contribution in [0, 0.1) is 0 Å². The molecule has 1 aromatic heterocycles. The van der Waals surface area contributed by atoms with Gasteiger partial charge in [-0.3, -0.25) is 4.79 Å². The van der Waals surface area contributed by atoms with Crippen LogP contribution in [0.25, 0.3) is 10.2 Å². The third-order valence-electron chi connectivity index (χ3n) is 4.96. The third-order valence-corrected chi connectivity index (χ3v) is 6.59. The van der Waals surface area contributed by atoms with Gasteiger partial charge in [0.15, 0.2) is 4.80 Å². The van der Waals surface area contributed by atoms with Crippen molar-refractivity contribution >= 4 is 39.2 Å². The van der Waals surface area contributed by atoms with Crippen LogP contribution in [0.5, 0.6) is 11.5 Å². The number of thiazole rings is 1. The largest absolute Gasteiger partial charge is 0.457 e. The summed E-state index contributed by atoms with van der Waals surface area (Å²) in [5.74, 6) is 1.85. The maximum Gasteiger partial charge on any atom is 0.283 e. The van der Waals surface area contributed by atoms with Crippen molar-refractivity contribution in [1.29, 1.82) is 0 Å². The monoisotopic (exact) mass is 448 g/mol. The summed E-state index contributed by atoms with van der Waals surface area (Å²) < 4.78 is 9.27. The Balaban J connectivity index is 1.75. The van der Waals surface area contributed by atoms with Gasteiger partial charge in [0.05, 0.1) is 15.8 Å². The first-order valence-corrected chi connectivity index (χ1v) is 12.4. The Labute approximate surface area is 190 Å². The lowest BCUT2D eigenvalue weighted by Gasteiger charge is -2.09. The zero-order valence-electron chi connectivity index (χ0n) is 17.6. The average molecular weight is 449 g/mol. The number of hydrogen-bond acceptors (Lipinski definition) is 4. The van der Waals surface area contributed by atoms with Crippen molar-refractivity contribution < 1.29 is 9.53 Å². The quantitative estimate of drug-likeness (QED) is 0.340. The van der Waals surface area contributed by atoms with E-state index in [1.807, 2.05) is 42.5 Å². The fourth-order valence-corrected chi connectivity index (χ4v) is 4.80. The summed E-state index contributed by atoms with van der Waals surface area (Å²) in [6.07, 6.45) is 3.07. The molecule has 0 atom stereocenters. The molecule has 0 unspecified atom stereocenters. The molecule has 31 heavy (non-hydrogen) atoms. The van der Waals surface area contributed by atoms with Crippen LogP contribution >= 0.6 is 23.1 Å². The van der Waals surface area contributed by atoms with E-state index in [1.54, 1.807) is 35.2 Å². The van der Waals surface area contributed by atoms with Gasteiger partial charge in [-0.1, -0.05) is 54.7 Å². The topological polar surface area (TPSA) is 43.6 Å². The first-order valence-electron chi connectivity index (χ1n) is 10.2. The zero-order chi connectivity index (χ0) is 21.6. The van der Waals surface area contributed by atoms with Crippen LogP contribution in [0.4, 0.5) is 0 Å². The molecule has 6 heteroatoms. The van der Waals surface area contributed by atoms with Crippen LogP contribution in [0.1, 0.15) is 22.8 Å². The molecule has 0 fully saturated rings. The number of amides is 1. The minimum atomic E-state index is -0.299. The minimum Gasteiger partial charge on any atom is -0.457 e. The molecule has 0 aliphatic rings. The summed E-state index contributed by atoms with van der Waals surface area (Å²) in [5, 5.41) is 0. The normalized spacial score (nSPS) is 11.7. The highest BCUT2D eigenvalue weighted by Crippen LogP contribution is 2.26. The van der Waals surface area contributed by atoms with Crippen LogP contribution in [0.3, 0.4) is 0 Å². The highest BCUT2D eigenvalue weighted by Gasteiger charge is 2.14. The summed E-state index contributed by atoms with van der Waals surface area (Å²) in [6.45, 7) is 2.95. The molecule has 0 aliphatic heterocycles. The van der Waals surface area contributed by atoms with Crippen molar-refractivity contribution in [3.05, 3.63) is 88.7 Å². The molecular weight excluding hydrogens is 424 g/mol. The van der Waals surface area contributed by atoms with Crippen molar-refractivity contribution in [3.63, 3.8) is 0 Å². The standard InChI is InChI=1S/C25H24N2O2S2/c1-3-18-13-14-21-23(17-18)31-25(27(21)15-16-30-2)26-24(28)20-11-7-8-12-22(20)29-19-9-5-4-6-10-19/h4-14,17H,3,15-16H2,1-2H3. The van der Waals surface area contributed by atoms with Crippen molar-refractivity contribution in [2.45, 2.75) is 19.9 Å². The van der Waals surface area contributed by atoms with Gasteiger partial charge in [-0.15, -0.1) is 0 Å². The summed E-state index contributed by atoms with van der Waals surface area (Å²) >= 11 is 3.34. The molecule has 1 heterocycles. The molecule has 0 bridgehead atoms. The van der Waals surface area contributed by atoms with E-state index in [-0.39, 0.29) is 5.91 Å². The molecule has 4 nitrogen and oxygen atoms in total. The van der Waals surface area contributed by atoms with Gasteiger partial charge in [-0.2, -0.15) is 16.8 Å². The van der Waals surface area contributed by atoms with Gasteiger partial charge in [0.2, 0.25) is 0 Å². The van der Waals surface area contributed by atoms with Gasteiger partial charge in [0.25, 0.3) is 5.91 Å². The van der Waals surface area contributed by atoms with Crippen LogP contribution in [-0.2, 0) is 13.0 Å². The smallest absolute Gasteiger partial charge is 0.283 e. The van der Waals surface area contributed by atoms with E-state index in [9.17, 15) is 4.79 Å². The average Bonchev–Trinajstić information content (AvgIpc) is 3.14. The van der Waals surface area contributed by atoms with Crippen molar-refractivity contribution in [2.24, 2.45) is 4.99 Å². The number of aromatic nitrogens is 1. The zero-order valence-corrected chi connectivity index (χ0v) is 19.2. The first-order chi connectivity index (χ1) is 15.2. The van der Waals surface area contributed by atoms with E-state index in [0.717, 1.165) is 33.7 Å². The molecule has 3 aromatic carbocycles. The van der Waals surface area contributed by atoms with E-state index in [4.69, 9.17) is 4.74 Å². The summed E-state index contributed by atoms with van der Waals surface area (Å²) in [4.78, 5) is 18.4. The third kappa shape index (κ3) is 4.92. The number of nitrogens with zero attached hydrogens (tertiary/aromatic N) is 2. The second kappa shape index (κ2) is 9.98. The number of carbonyl (C=O) groups excluding carboxylic acids is 1. The SMILES string of the molecule is CCc1ccc2c(c1)sc(=NC(=O)c1ccccc1Oc1ccccc1)n2CCSC. The van der Waals surface area contributed by atoms with Crippen LogP contribution in [0.15, 0.2) is 77.8 Å². The molecule has 0 N–H and O–H groups in total. The van der Waals surface area contributed by atoms with Crippen molar-refractivity contribution in [2.75, 3.05) is 12.0 Å². The van der Waals surface area contributed by atoms with E-state index in [2.05, 4.69) is 40.9 Å². The number of hydrogen-bond donors (Lipinski definition) is 0. The summed E-state index contributed by atoms with van der Waals surface area (Å²) in [7, 11) is 0. The number of rotatable bonds is 7. The number of carbonyl (C=O) groups is 1. The highest BCUT2D eigenvalue weighted by molar-refractivity contribution is 7.98. The van der Waals surface area contributed by atoms with Gasteiger partial charge in [0.1, 0.15) is 11.5 Å². The number of benzene rings is 3. The Kier molecular flexibility index (Phi) is 6.89. The Morgan fingerprint density at radius 2 is 1.84 bits per heavy atom. The lowest BCUT2D eigenvalue weighted by Crippen LogP contribution is -2.18. The number of thioether (sulfide) groups is 1. The Bertz CT molecular complexity index is 1260. The number of para-hydroxylation sites is 2. The summed E-state index contributed by atoms with van der Waals surface area (Å²) in [5.41, 5.74) is 2.86. The fourth-order valence-electron chi connectivity index (χ4n) is 3.32. The van der Waals surface area contributed by atoms with E-state index in [1.165, 1.54) is 5.56 Å². The Morgan fingerprint density at radius 1 is 1.06 bits per heavy atom. The molecule has 4 rings (SSSR count). The predicted molar refractivity (Wildman–Crippen MR) is 130 cm³/mol. The molecule has 0 saturated heterocycles. The lowest BCUT2D eigenvalue weighted by molar-refractivity contribution is 0.0995. The van der Waals surface area contributed by atoms with Crippen molar-refractivity contribution in [3.8, 4) is 11.5 Å². The van der Waals surface area contributed by atoms with Gasteiger partial charge >= 0.3 is 0 Å². The first kappa shape index (κ1) is 21.4. The molecule has 0 spiro atoms. The van der Waals surface area contributed by atoms with Crippen LogP contribution < -0.4 is 9.54 Å². The molecule has 0 saturated carbocycles. The highest BCUT2D eigenvalue weighted by atomic mass is 32.2. The maximum atomic E-state index is 13.2. The number of aryl methyl sites for hydroxylation is 2. The maximum absolute atomic E-state index is 13.2. The lowest BCUT2D eigenvalue weighted by atomic mass is 10.2. The number of ether oxygens (including phenoxy) is 1. The molecular formula is C25H24N2O2S2. The molecule has 1 amide bonds. The van der Waals surface area contributed by atoms with E-state index < -0.39 is 0 Å². The second-order valence-electron chi connectivity index (χ2n) is 7.01. The second-order valence-corrected chi connectivity index (χ2v) is 9.01. The number of fused-ring (bicyclic) bond motifs is 1. The summed E-state index contributed by atoms with van der Waals surface area (Å²) in [6, 6.07) is 23.2. The van der Waals surface area contributed by atoms with Gasteiger partial charge in [0, 0.05) is 12.3 Å². The Hall–Kier alpha value is -2.83. The predicted octanol–water partition coefficient (Wildman–Crippen LogP) is 6.16. The Morgan fingerprint density at radius 3 is 2.61 bits per heavy atom. The van der Waals surface area contributed by atoms with Gasteiger partial charge in [-0.05, 0) is 54.6 Å². The van der Waals surface area contributed by atoms with Crippen LogP contribution in [-0.4, -0.2) is 22.5 Å². The molecule has 0 aliphatic carbocycles. The molecule has 4 aromatic rings. The van der Waals surface area contributed by atoms with Gasteiger partial charge in [-0.25, -0.2) is 0 Å². The van der Waals surface area contributed by atoms with Crippen LogP contribution in [0.2, 0.25) is 0 Å². The van der Waals surface area contributed by atoms with E-state index in [0.29, 0.717) is 17.1 Å². The van der Waals surface area contributed by atoms with E-state index >= 15 is 0 Å². The minimum absolute atomic E-state index is 0.299. The molecule has 0 radical (unpaired) electrons. The fraction of sp³-hybridized carbons (Fsp3) is 0.200. The molecule has 158 valence electrons. The van der Waals surface area contributed by atoms with Gasteiger partial charge < -0.3 is 9.30 Å². The van der Waals surface area contributed by atoms with Crippen molar-refractivity contribution in [1.82, 2.24) is 4.57 Å².